The summed E-state index contributed by atoms with van der Waals surface area (Å²) in [7, 11) is 1.53. The van der Waals surface area contributed by atoms with Crippen molar-refractivity contribution in [2.45, 2.75) is 25.4 Å². The van der Waals surface area contributed by atoms with E-state index < -0.39 is 11.6 Å². The number of anilines is 1. The highest BCUT2D eigenvalue weighted by atomic mass is 19.2. The third-order valence-electron chi connectivity index (χ3n) is 6.82. The normalized spacial score (nSPS) is 17.6. The van der Waals surface area contributed by atoms with E-state index in [2.05, 4.69) is 9.97 Å². The van der Waals surface area contributed by atoms with Crippen LogP contribution >= 0.6 is 0 Å². The Labute approximate surface area is 198 Å². The first-order valence-corrected chi connectivity index (χ1v) is 11.4. The predicted octanol–water partition coefficient (Wildman–Crippen LogP) is 3.31. The van der Waals surface area contributed by atoms with Gasteiger partial charge in [0, 0.05) is 37.8 Å². The fourth-order valence-electron chi connectivity index (χ4n) is 5.12. The Morgan fingerprint density at radius 2 is 2.06 bits per heavy atom. The van der Waals surface area contributed by atoms with Crippen molar-refractivity contribution < 1.29 is 23.0 Å². The molecule has 0 aliphatic carbocycles. The highest BCUT2D eigenvalue weighted by Crippen LogP contribution is 2.33. The number of ether oxygens (including phenoxy) is 2. The quantitative estimate of drug-likeness (QED) is 0.484. The van der Waals surface area contributed by atoms with E-state index in [9.17, 15) is 18.4 Å². The number of nitrogens with one attached hydrogen (secondary N) is 1. The average molecular weight is 480 g/mol. The maximum atomic E-state index is 14.0. The van der Waals surface area contributed by atoms with Crippen LogP contribution in [0.1, 0.15) is 39.6 Å². The number of rotatable bonds is 4. The summed E-state index contributed by atoms with van der Waals surface area (Å²) in [6.07, 6.45) is 2.78. The van der Waals surface area contributed by atoms with E-state index in [0.717, 1.165) is 24.4 Å². The molecular formula is C25H22F2N4O4. The zero-order valence-corrected chi connectivity index (χ0v) is 18.9. The minimum absolute atomic E-state index is 0.0612. The van der Waals surface area contributed by atoms with Crippen molar-refractivity contribution in [2.75, 3.05) is 31.8 Å². The number of benzene rings is 2. The summed E-state index contributed by atoms with van der Waals surface area (Å²) in [6, 6.07) is 5.63. The van der Waals surface area contributed by atoms with Gasteiger partial charge in [0.25, 0.3) is 11.5 Å². The van der Waals surface area contributed by atoms with E-state index in [1.807, 2.05) is 10.5 Å². The SMILES string of the molecule is COCc1cc2c(cc1C(=O)N1CCc3cc(F)c(F)cc31)[nH]c(=O)c1cnc(C3CCOC3)n12. The van der Waals surface area contributed by atoms with Gasteiger partial charge in [-0.1, -0.05) is 0 Å². The number of halogens is 2. The number of aromatic amines is 1. The fourth-order valence-corrected chi connectivity index (χ4v) is 5.12. The van der Waals surface area contributed by atoms with Crippen molar-refractivity contribution in [3.63, 3.8) is 0 Å². The van der Waals surface area contributed by atoms with E-state index in [1.165, 1.54) is 12.0 Å². The maximum Gasteiger partial charge on any atom is 0.274 e. The first-order valence-electron chi connectivity index (χ1n) is 11.4. The monoisotopic (exact) mass is 480 g/mol. The largest absolute Gasteiger partial charge is 0.381 e. The van der Waals surface area contributed by atoms with Crippen LogP contribution in [0.2, 0.25) is 0 Å². The molecule has 2 aliphatic rings. The third kappa shape index (κ3) is 3.43. The second-order valence-electron chi connectivity index (χ2n) is 8.91. The number of fused-ring (bicyclic) bond motifs is 4. The number of amides is 1. The highest BCUT2D eigenvalue weighted by Gasteiger charge is 2.30. The summed E-state index contributed by atoms with van der Waals surface area (Å²) in [4.78, 5) is 35.3. The highest BCUT2D eigenvalue weighted by molar-refractivity contribution is 6.09. The third-order valence-corrected chi connectivity index (χ3v) is 6.82. The molecule has 4 heterocycles. The topological polar surface area (TPSA) is 88.9 Å². The van der Waals surface area contributed by atoms with Crippen LogP contribution in [0.4, 0.5) is 14.5 Å². The Morgan fingerprint density at radius 1 is 1.23 bits per heavy atom. The first kappa shape index (κ1) is 21.9. The maximum absolute atomic E-state index is 14.0. The van der Waals surface area contributed by atoms with Gasteiger partial charge in [-0.2, -0.15) is 0 Å². The molecule has 1 atom stereocenters. The van der Waals surface area contributed by atoms with Gasteiger partial charge in [-0.15, -0.1) is 0 Å². The van der Waals surface area contributed by atoms with E-state index in [0.29, 0.717) is 65.1 Å². The number of imidazole rings is 1. The van der Waals surface area contributed by atoms with Gasteiger partial charge in [0.15, 0.2) is 11.6 Å². The summed E-state index contributed by atoms with van der Waals surface area (Å²) in [5.41, 5.74) is 3.09. The molecule has 10 heteroatoms. The number of nitrogens with zero attached hydrogens (tertiary/aromatic N) is 3. The number of hydrogen-bond acceptors (Lipinski definition) is 5. The molecule has 1 fully saturated rings. The molecule has 6 rings (SSSR count). The number of hydrogen-bond donors (Lipinski definition) is 1. The first-order chi connectivity index (χ1) is 17.0. The van der Waals surface area contributed by atoms with Crippen molar-refractivity contribution in [2.24, 2.45) is 0 Å². The summed E-state index contributed by atoms with van der Waals surface area (Å²) in [6.45, 7) is 1.60. The number of H-pyrrole nitrogens is 1. The Balaban J connectivity index is 1.52. The lowest BCUT2D eigenvalue weighted by Gasteiger charge is -2.20. The molecule has 0 saturated carbocycles. The average Bonchev–Trinajstić information content (AvgIpc) is 3.59. The number of carbonyl (C=O) groups is 1. The lowest BCUT2D eigenvalue weighted by atomic mass is 10.0. The van der Waals surface area contributed by atoms with E-state index in [1.54, 1.807) is 12.3 Å². The molecule has 8 nitrogen and oxygen atoms in total. The van der Waals surface area contributed by atoms with Crippen molar-refractivity contribution in [1.29, 1.82) is 0 Å². The van der Waals surface area contributed by atoms with Gasteiger partial charge in [-0.05, 0) is 42.2 Å². The molecule has 1 unspecified atom stereocenters. The summed E-state index contributed by atoms with van der Waals surface area (Å²) >= 11 is 0. The number of carbonyl (C=O) groups excluding carboxylic acids is 1. The number of aromatic nitrogens is 3. The van der Waals surface area contributed by atoms with Crippen LogP contribution in [0.3, 0.4) is 0 Å². The second-order valence-corrected chi connectivity index (χ2v) is 8.91. The van der Waals surface area contributed by atoms with Crippen LogP contribution in [0.15, 0.2) is 35.3 Å². The van der Waals surface area contributed by atoms with E-state index in [-0.39, 0.29) is 24.0 Å². The predicted molar refractivity (Wildman–Crippen MR) is 124 cm³/mol. The standard InChI is InChI=1S/C25H22F2N4O4/c1-34-11-15-7-21-19(29-24(32)22-10-28-23(31(21)22)14-3-5-35-12-14)8-16(15)25(33)30-4-2-13-6-17(26)18(27)9-20(13)30/h6-10,14H,2-5,11-12H2,1H3,(H,29,32). The van der Waals surface area contributed by atoms with Crippen molar-refractivity contribution in [3.8, 4) is 0 Å². The Kier molecular flexibility index (Phi) is 5.15. The van der Waals surface area contributed by atoms with E-state index >= 15 is 0 Å². The van der Waals surface area contributed by atoms with Gasteiger partial charge in [-0.25, -0.2) is 13.8 Å². The smallest absolute Gasteiger partial charge is 0.274 e. The van der Waals surface area contributed by atoms with Gasteiger partial charge in [0.2, 0.25) is 0 Å². The number of methoxy groups -OCH3 is 1. The van der Waals surface area contributed by atoms with Crippen molar-refractivity contribution >= 4 is 28.1 Å². The lowest BCUT2D eigenvalue weighted by molar-refractivity contribution is 0.0984. The van der Waals surface area contributed by atoms with Crippen LogP contribution < -0.4 is 10.5 Å². The Hall–Kier alpha value is -3.63. The van der Waals surface area contributed by atoms with Gasteiger partial charge in [0.05, 0.1) is 36.1 Å². The van der Waals surface area contributed by atoms with Crippen LogP contribution in [-0.4, -0.2) is 47.1 Å². The van der Waals surface area contributed by atoms with Crippen LogP contribution in [-0.2, 0) is 22.5 Å². The summed E-state index contributed by atoms with van der Waals surface area (Å²) in [5, 5.41) is 0. The Morgan fingerprint density at radius 3 is 2.83 bits per heavy atom. The molecule has 2 aliphatic heterocycles. The molecule has 2 aromatic carbocycles. The molecule has 0 spiro atoms. The van der Waals surface area contributed by atoms with Crippen molar-refractivity contribution in [1.82, 2.24) is 14.4 Å². The molecule has 1 N–H and O–H groups in total. The molecule has 1 saturated heterocycles. The molecule has 0 bridgehead atoms. The zero-order valence-electron chi connectivity index (χ0n) is 18.9. The summed E-state index contributed by atoms with van der Waals surface area (Å²) < 4.78 is 40.4. The van der Waals surface area contributed by atoms with Crippen LogP contribution in [0, 0.1) is 11.6 Å². The zero-order chi connectivity index (χ0) is 24.3. The van der Waals surface area contributed by atoms with Gasteiger partial charge < -0.3 is 19.4 Å². The van der Waals surface area contributed by atoms with Crippen molar-refractivity contribution in [3.05, 3.63) is 75.0 Å². The molecule has 35 heavy (non-hydrogen) atoms. The second kappa shape index (κ2) is 8.24. The van der Waals surface area contributed by atoms with Gasteiger partial charge >= 0.3 is 0 Å². The minimum atomic E-state index is -1.01. The molecule has 1 amide bonds. The molecule has 180 valence electrons. The minimum Gasteiger partial charge on any atom is -0.381 e. The lowest BCUT2D eigenvalue weighted by Crippen LogP contribution is -2.30. The van der Waals surface area contributed by atoms with Gasteiger partial charge in [-0.3, -0.25) is 14.0 Å². The summed E-state index contributed by atoms with van der Waals surface area (Å²) in [5.74, 6) is -1.52. The molecule has 4 aromatic rings. The Bertz CT molecular complexity index is 1560. The molecule has 0 radical (unpaired) electrons. The fraction of sp³-hybridized carbons (Fsp3) is 0.320. The van der Waals surface area contributed by atoms with Crippen LogP contribution in [0.5, 0.6) is 0 Å². The van der Waals surface area contributed by atoms with Gasteiger partial charge in [0.1, 0.15) is 11.3 Å². The van der Waals surface area contributed by atoms with E-state index in [4.69, 9.17) is 9.47 Å². The van der Waals surface area contributed by atoms with Crippen LogP contribution in [0.25, 0.3) is 16.6 Å². The molecular weight excluding hydrogens is 458 g/mol. The molecule has 2 aromatic heterocycles.